The maximum absolute atomic E-state index is 13.5. The van der Waals surface area contributed by atoms with Gasteiger partial charge in [0.15, 0.2) is 5.82 Å². The number of aromatic nitrogens is 2. The molecule has 1 saturated carbocycles. The van der Waals surface area contributed by atoms with Gasteiger partial charge < -0.3 is 10.7 Å². The zero-order valence-corrected chi connectivity index (χ0v) is 8.91. The molecule has 0 bridgehead atoms. The molecule has 3 rings (SSSR count). The Morgan fingerprint density at radius 3 is 2.94 bits per heavy atom. The molecule has 2 unspecified atom stereocenters. The number of nitrogens with two attached hydrogens (primary N) is 1. The summed E-state index contributed by atoms with van der Waals surface area (Å²) in [6, 6.07) is 5.25. The highest BCUT2D eigenvalue weighted by Crippen LogP contribution is 2.33. The minimum absolute atomic E-state index is 0.262. The summed E-state index contributed by atoms with van der Waals surface area (Å²) in [5, 5.41) is 0. The van der Waals surface area contributed by atoms with E-state index in [0.29, 0.717) is 11.4 Å². The second-order valence-electron chi connectivity index (χ2n) is 4.53. The molecule has 1 fully saturated rings. The molecule has 3 N–H and O–H groups in total. The van der Waals surface area contributed by atoms with Gasteiger partial charge >= 0.3 is 0 Å². The minimum atomic E-state index is -0.262. The van der Waals surface area contributed by atoms with Crippen molar-refractivity contribution in [3.8, 4) is 0 Å². The SMILES string of the molecule is NC1CCC(c2nc3c(F)cccc3[nH]2)C1. The largest absolute Gasteiger partial charge is 0.342 e. The molecule has 1 aromatic heterocycles. The Balaban J connectivity index is 2.02. The lowest BCUT2D eigenvalue weighted by molar-refractivity contribution is 0.633. The van der Waals surface area contributed by atoms with Crippen LogP contribution in [-0.2, 0) is 0 Å². The number of hydrogen-bond donors (Lipinski definition) is 2. The summed E-state index contributed by atoms with van der Waals surface area (Å²) >= 11 is 0. The molecular weight excluding hydrogens is 205 g/mol. The average molecular weight is 219 g/mol. The Kier molecular flexibility index (Phi) is 2.17. The van der Waals surface area contributed by atoms with Gasteiger partial charge in [-0.2, -0.15) is 0 Å². The number of rotatable bonds is 1. The number of para-hydroxylation sites is 1. The molecule has 1 aromatic carbocycles. The number of imidazole rings is 1. The van der Waals surface area contributed by atoms with Gasteiger partial charge in [0.1, 0.15) is 11.3 Å². The Hall–Kier alpha value is -1.42. The number of halogens is 1. The van der Waals surface area contributed by atoms with Crippen LogP contribution >= 0.6 is 0 Å². The van der Waals surface area contributed by atoms with Gasteiger partial charge in [0, 0.05) is 12.0 Å². The first-order chi connectivity index (χ1) is 7.74. The normalized spacial score (nSPS) is 25.4. The summed E-state index contributed by atoms with van der Waals surface area (Å²) in [5.41, 5.74) is 7.09. The summed E-state index contributed by atoms with van der Waals surface area (Å²) in [6.07, 6.45) is 3.02. The monoisotopic (exact) mass is 219 g/mol. The molecular formula is C12H14FN3. The molecule has 0 spiro atoms. The number of benzene rings is 1. The molecule has 2 aromatic rings. The lowest BCUT2D eigenvalue weighted by Gasteiger charge is -2.04. The van der Waals surface area contributed by atoms with E-state index in [2.05, 4.69) is 9.97 Å². The smallest absolute Gasteiger partial charge is 0.151 e. The van der Waals surface area contributed by atoms with Gasteiger partial charge in [-0.05, 0) is 31.4 Å². The molecule has 4 heteroatoms. The van der Waals surface area contributed by atoms with Gasteiger partial charge in [-0.3, -0.25) is 0 Å². The molecule has 84 valence electrons. The van der Waals surface area contributed by atoms with Gasteiger partial charge in [0.05, 0.1) is 5.52 Å². The van der Waals surface area contributed by atoms with Crippen LogP contribution in [0.3, 0.4) is 0 Å². The average Bonchev–Trinajstić information content (AvgIpc) is 2.84. The highest BCUT2D eigenvalue weighted by atomic mass is 19.1. The molecule has 1 aliphatic rings. The summed E-state index contributed by atoms with van der Waals surface area (Å²) in [5.74, 6) is 0.983. The number of fused-ring (bicyclic) bond motifs is 1. The van der Waals surface area contributed by atoms with Crippen LogP contribution in [0.5, 0.6) is 0 Å². The van der Waals surface area contributed by atoms with E-state index in [0.717, 1.165) is 30.6 Å². The Morgan fingerprint density at radius 2 is 2.25 bits per heavy atom. The van der Waals surface area contributed by atoms with E-state index in [1.807, 2.05) is 6.07 Å². The third-order valence-electron chi connectivity index (χ3n) is 3.34. The minimum Gasteiger partial charge on any atom is -0.342 e. The number of H-pyrrole nitrogens is 1. The predicted molar refractivity (Wildman–Crippen MR) is 60.6 cm³/mol. The molecule has 0 saturated heterocycles. The van der Waals surface area contributed by atoms with Crippen LogP contribution in [0, 0.1) is 5.82 Å². The maximum Gasteiger partial charge on any atom is 0.151 e. The third kappa shape index (κ3) is 1.50. The molecule has 2 atom stereocenters. The van der Waals surface area contributed by atoms with E-state index in [-0.39, 0.29) is 11.9 Å². The molecule has 0 aliphatic heterocycles. The zero-order valence-electron chi connectivity index (χ0n) is 8.91. The van der Waals surface area contributed by atoms with Gasteiger partial charge in [-0.15, -0.1) is 0 Å². The molecule has 1 heterocycles. The topological polar surface area (TPSA) is 54.7 Å². The zero-order chi connectivity index (χ0) is 11.1. The first-order valence-electron chi connectivity index (χ1n) is 5.64. The van der Waals surface area contributed by atoms with Gasteiger partial charge in [-0.25, -0.2) is 9.37 Å². The third-order valence-corrected chi connectivity index (χ3v) is 3.34. The van der Waals surface area contributed by atoms with Crippen LogP contribution in [0.25, 0.3) is 11.0 Å². The predicted octanol–water partition coefficient (Wildman–Crippen LogP) is 2.30. The molecule has 0 amide bonds. The maximum atomic E-state index is 13.5. The first-order valence-corrected chi connectivity index (χ1v) is 5.64. The van der Waals surface area contributed by atoms with Crippen molar-refractivity contribution in [1.29, 1.82) is 0 Å². The van der Waals surface area contributed by atoms with E-state index in [1.165, 1.54) is 6.07 Å². The van der Waals surface area contributed by atoms with Crippen molar-refractivity contribution >= 4 is 11.0 Å². The molecule has 1 aliphatic carbocycles. The van der Waals surface area contributed by atoms with Crippen molar-refractivity contribution < 1.29 is 4.39 Å². The van der Waals surface area contributed by atoms with E-state index in [9.17, 15) is 4.39 Å². The highest BCUT2D eigenvalue weighted by Gasteiger charge is 2.25. The van der Waals surface area contributed by atoms with E-state index >= 15 is 0 Å². The van der Waals surface area contributed by atoms with Crippen LogP contribution in [0.1, 0.15) is 31.0 Å². The van der Waals surface area contributed by atoms with Crippen LogP contribution in [0.4, 0.5) is 4.39 Å². The lowest BCUT2D eigenvalue weighted by Crippen LogP contribution is -2.14. The molecule has 3 nitrogen and oxygen atoms in total. The van der Waals surface area contributed by atoms with Crippen molar-refractivity contribution in [2.45, 2.75) is 31.2 Å². The van der Waals surface area contributed by atoms with Crippen LogP contribution in [0.2, 0.25) is 0 Å². The summed E-state index contributed by atoms with van der Waals surface area (Å²) in [7, 11) is 0. The number of nitrogens with zero attached hydrogens (tertiary/aromatic N) is 1. The summed E-state index contributed by atoms with van der Waals surface area (Å²) < 4.78 is 13.5. The fraction of sp³-hybridized carbons (Fsp3) is 0.417. The van der Waals surface area contributed by atoms with Crippen LogP contribution in [-0.4, -0.2) is 16.0 Å². The summed E-state index contributed by atoms with van der Waals surface area (Å²) in [4.78, 5) is 7.53. The van der Waals surface area contributed by atoms with E-state index in [4.69, 9.17) is 5.73 Å². The Bertz CT molecular complexity index is 520. The first kappa shape index (κ1) is 9.78. The van der Waals surface area contributed by atoms with Crippen molar-refractivity contribution in [3.63, 3.8) is 0 Å². The van der Waals surface area contributed by atoms with Crippen LogP contribution in [0.15, 0.2) is 18.2 Å². The fourth-order valence-corrected chi connectivity index (χ4v) is 2.47. The van der Waals surface area contributed by atoms with Gasteiger partial charge in [0.2, 0.25) is 0 Å². The molecule has 0 radical (unpaired) electrons. The van der Waals surface area contributed by atoms with Crippen molar-refractivity contribution in [3.05, 3.63) is 29.8 Å². The number of aromatic amines is 1. The second kappa shape index (κ2) is 3.56. The second-order valence-corrected chi connectivity index (χ2v) is 4.53. The van der Waals surface area contributed by atoms with Gasteiger partial charge in [0.25, 0.3) is 0 Å². The van der Waals surface area contributed by atoms with Crippen molar-refractivity contribution in [1.82, 2.24) is 9.97 Å². The Morgan fingerprint density at radius 1 is 1.38 bits per heavy atom. The van der Waals surface area contributed by atoms with E-state index < -0.39 is 0 Å². The Labute approximate surface area is 92.9 Å². The summed E-state index contributed by atoms with van der Waals surface area (Å²) in [6.45, 7) is 0. The molecule has 16 heavy (non-hydrogen) atoms. The van der Waals surface area contributed by atoms with Crippen LogP contribution < -0.4 is 5.73 Å². The fourth-order valence-electron chi connectivity index (χ4n) is 2.47. The quantitative estimate of drug-likeness (QED) is 0.773. The van der Waals surface area contributed by atoms with E-state index in [1.54, 1.807) is 6.07 Å². The number of nitrogens with one attached hydrogen (secondary N) is 1. The highest BCUT2D eigenvalue weighted by molar-refractivity contribution is 5.75. The lowest BCUT2D eigenvalue weighted by atomic mass is 10.1. The van der Waals surface area contributed by atoms with Gasteiger partial charge in [-0.1, -0.05) is 6.07 Å². The standard InChI is InChI=1S/C12H14FN3/c13-9-2-1-3-10-11(9)16-12(15-10)7-4-5-8(14)6-7/h1-3,7-8H,4-6,14H2,(H,15,16). The van der Waals surface area contributed by atoms with Crippen molar-refractivity contribution in [2.24, 2.45) is 5.73 Å². The van der Waals surface area contributed by atoms with Crippen molar-refractivity contribution in [2.75, 3.05) is 0 Å². The number of hydrogen-bond acceptors (Lipinski definition) is 2.